The molecule has 0 aliphatic carbocycles. The lowest BCUT2D eigenvalue weighted by atomic mass is 9.96. The molecular formula is C15H21BrN2O. The van der Waals surface area contributed by atoms with Crippen molar-refractivity contribution in [3.8, 4) is 0 Å². The third kappa shape index (κ3) is 2.96. The van der Waals surface area contributed by atoms with Gasteiger partial charge in [0.15, 0.2) is 0 Å². The minimum Gasteiger partial charge on any atom is -0.381 e. The normalized spacial score (nSPS) is 24.9. The van der Waals surface area contributed by atoms with Crippen LogP contribution in [0.4, 0.5) is 5.69 Å². The Labute approximate surface area is 123 Å². The van der Waals surface area contributed by atoms with Crippen molar-refractivity contribution >= 4 is 21.6 Å². The maximum atomic E-state index is 5.57. The van der Waals surface area contributed by atoms with Gasteiger partial charge >= 0.3 is 0 Å². The van der Waals surface area contributed by atoms with E-state index in [-0.39, 0.29) is 0 Å². The van der Waals surface area contributed by atoms with Crippen molar-refractivity contribution in [1.29, 1.82) is 0 Å². The van der Waals surface area contributed by atoms with E-state index in [2.05, 4.69) is 51.0 Å². The highest BCUT2D eigenvalue weighted by Crippen LogP contribution is 2.35. The molecule has 0 amide bonds. The topological polar surface area (TPSA) is 15.7 Å². The molecule has 4 heteroatoms. The lowest BCUT2D eigenvalue weighted by Crippen LogP contribution is -2.44. The maximum absolute atomic E-state index is 5.57. The standard InChI is InChI=1S/C15H21BrN2O/c1-17-5-7-18(8-6-17)15-3-2-13(16)10-14(15)12-4-9-19-11-12/h2-3,10,12H,4-9,11H2,1H3. The zero-order valence-electron chi connectivity index (χ0n) is 11.4. The van der Waals surface area contributed by atoms with Crippen molar-refractivity contribution in [3.63, 3.8) is 0 Å². The van der Waals surface area contributed by atoms with Crippen LogP contribution in [0.15, 0.2) is 22.7 Å². The largest absolute Gasteiger partial charge is 0.381 e. The summed E-state index contributed by atoms with van der Waals surface area (Å²) in [6.07, 6.45) is 1.15. The van der Waals surface area contributed by atoms with Crippen molar-refractivity contribution in [3.05, 3.63) is 28.2 Å². The van der Waals surface area contributed by atoms with Gasteiger partial charge in [0.25, 0.3) is 0 Å². The summed E-state index contributed by atoms with van der Waals surface area (Å²) in [5.41, 5.74) is 2.86. The first-order valence-electron chi connectivity index (χ1n) is 7.05. The minimum atomic E-state index is 0.562. The fourth-order valence-corrected chi connectivity index (χ4v) is 3.35. The van der Waals surface area contributed by atoms with Crippen LogP contribution >= 0.6 is 15.9 Å². The van der Waals surface area contributed by atoms with Gasteiger partial charge in [-0.1, -0.05) is 15.9 Å². The van der Waals surface area contributed by atoms with Crippen molar-refractivity contribution in [1.82, 2.24) is 4.90 Å². The molecule has 2 saturated heterocycles. The Morgan fingerprint density at radius 3 is 2.68 bits per heavy atom. The number of nitrogens with zero attached hydrogens (tertiary/aromatic N) is 2. The molecule has 2 heterocycles. The van der Waals surface area contributed by atoms with Gasteiger partial charge in [-0.05, 0) is 37.2 Å². The smallest absolute Gasteiger partial charge is 0.0536 e. The van der Waals surface area contributed by atoms with Crippen LogP contribution in [0, 0.1) is 0 Å². The number of hydrogen-bond acceptors (Lipinski definition) is 3. The number of likely N-dealkylation sites (N-methyl/N-ethyl adjacent to an activating group) is 1. The van der Waals surface area contributed by atoms with Gasteiger partial charge in [0, 0.05) is 48.9 Å². The van der Waals surface area contributed by atoms with Crippen molar-refractivity contribution in [2.24, 2.45) is 0 Å². The van der Waals surface area contributed by atoms with Crippen LogP contribution in [0.25, 0.3) is 0 Å². The Hall–Kier alpha value is -0.580. The van der Waals surface area contributed by atoms with E-state index in [1.165, 1.54) is 15.7 Å². The fraction of sp³-hybridized carbons (Fsp3) is 0.600. The predicted octanol–water partition coefficient (Wildman–Crippen LogP) is 2.70. The van der Waals surface area contributed by atoms with E-state index >= 15 is 0 Å². The minimum absolute atomic E-state index is 0.562. The Balaban J connectivity index is 1.87. The molecule has 1 unspecified atom stereocenters. The Morgan fingerprint density at radius 2 is 2.00 bits per heavy atom. The SMILES string of the molecule is CN1CCN(c2ccc(Br)cc2C2CCOC2)CC1. The summed E-state index contributed by atoms with van der Waals surface area (Å²) in [5.74, 6) is 0.562. The van der Waals surface area contributed by atoms with Crippen LogP contribution in [-0.4, -0.2) is 51.3 Å². The van der Waals surface area contributed by atoms with Crippen molar-refractivity contribution in [2.45, 2.75) is 12.3 Å². The van der Waals surface area contributed by atoms with E-state index in [0.717, 1.165) is 45.8 Å². The van der Waals surface area contributed by atoms with E-state index in [0.29, 0.717) is 5.92 Å². The molecular weight excluding hydrogens is 304 g/mol. The molecule has 0 aromatic heterocycles. The van der Waals surface area contributed by atoms with Gasteiger partial charge in [-0.25, -0.2) is 0 Å². The zero-order chi connectivity index (χ0) is 13.2. The number of piperazine rings is 1. The van der Waals surface area contributed by atoms with Crippen LogP contribution in [0.3, 0.4) is 0 Å². The van der Waals surface area contributed by atoms with Gasteiger partial charge in [0.1, 0.15) is 0 Å². The molecule has 0 radical (unpaired) electrons. The van der Waals surface area contributed by atoms with Gasteiger partial charge in [0.05, 0.1) is 6.61 Å². The molecule has 19 heavy (non-hydrogen) atoms. The molecule has 3 nitrogen and oxygen atoms in total. The first kappa shape index (κ1) is 13.4. The molecule has 1 atom stereocenters. The predicted molar refractivity (Wildman–Crippen MR) is 82.0 cm³/mol. The average Bonchev–Trinajstić information content (AvgIpc) is 2.94. The Morgan fingerprint density at radius 1 is 1.21 bits per heavy atom. The highest BCUT2D eigenvalue weighted by molar-refractivity contribution is 9.10. The molecule has 0 bridgehead atoms. The number of benzene rings is 1. The number of hydrogen-bond donors (Lipinski definition) is 0. The molecule has 2 fully saturated rings. The van der Waals surface area contributed by atoms with Crippen molar-refractivity contribution in [2.75, 3.05) is 51.3 Å². The second-order valence-electron chi connectivity index (χ2n) is 5.55. The quantitative estimate of drug-likeness (QED) is 0.832. The molecule has 2 aliphatic heterocycles. The lowest BCUT2D eigenvalue weighted by molar-refractivity contribution is 0.194. The molecule has 0 saturated carbocycles. The highest BCUT2D eigenvalue weighted by atomic mass is 79.9. The molecule has 104 valence electrons. The zero-order valence-corrected chi connectivity index (χ0v) is 13.0. The summed E-state index contributed by atoms with van der Waals surface area (Å²) in [4.78, 5) is 4.92. The molecule has 2 aliphatic rings. The Bertz CT molecular complexity index is 438. The van der Waals surface area contributed by atoms with Crippen LogP contribution in [0.2, 0.25) is 0 Å². The summed E-state index contributed by atoms with van der Waals surface area (Å²) >= 11 is 3.61. The summed E-state index contributed by atoms with van der Waals surface area (Å²) in [6.45, 7) is 6.32. The number of halogens is 1. The summed E-state index contributed by atoms with van der Waals surface area (Å²) in [5, 5.41) is 0. The van der Waals surface area contributed by atoms with E-state index < -0.39 is 0 Å². The van der Waals surface area contributed by atoms with Crippen LogP contribution in [0.5, 0.6) is 0 Å². The number of anilines is 1. The van der Waals surface area contributed by atoms with Gasteiger partial charge in [-0.15, -0.1) is 0 Å². The Kier molecular flexibility index (Phi) is 4.10. The summed E-state index contributed by atoms with van der Waals surface area (Å²) < 4.78 is 6.74. The van der Waals surface area contributed by atoms with E-state index in [1.807, 2.05) is 0 Å². The van der Waals surface area contributed by atoms with E-state index in [4.69, 9.17) is 4.74 Å². The van der Waals surface area contributed by atoms with E-state index in [9.17, 15) is 0 Å². The van der Waals surface area contributed by atoms with Gasteiger partial charge < -0.3 is 14.5 Å². The van der Waals surface area contributed by atoms with Crippen molar-refractivity contribution < 1.29 is 4.74 Å². The first-order chi connectivity index (χ1) is 9.24. The first-order valence-corrected chi connectivity index (χ1v) is 7.84. The lowest BCUT2D eigenvalue weighted by Gasteiger charge is -2.36. The summed E-state index contributed by atoms with van der Waals surface area (Å²) in [7, 11) is 2.20. The second kappa shape index (κ2) is 5.81. The summed E-state index contributed by atoms with van der Waals surface area (Å²) in [6, 6.07) is 6.71. The fourth-order valence-electron chi connectivity index (χ4n) is 2.97. The maximum Gasteiger partial charge on any atom is 0.0536 e. The van der Waals surface area contributed by atoms with Crippen LogP contribution in [-0.2, 0) is 4.74 Å². The second-order valence-corrected chi connectivity index (χ2v) is 6.47. The molecule has 1 aromatic carbocycles. The van der Waals surface area contributed by atoms with Gasteiger partial charge in [-0.3, -0.25) is 0 Å². The van der Waals surface area contributed by atoms with E-state index in [1.54, 1.807) is 0 Å². The average molecular weight is 325 g/mol. The molecule has 0 N–H and O–H groups in total. The van der Waals surface area contributed by atoms with Crippen LogP contribution < -0.4 is 4.90 Å². The molecule has 1 aromatic rings. The number of rotatable bonds is 2. The third-order valence-corrected chi connectivity index (χ3v) is 4.70. The van der Waals surface area contributed by atoms with Gasteiger partial charge in [0.2, 0.25) is 0 Å². The van der Waals surface area contributed by atoms with Gasteiger partial charge in [-0.2, -0.15) is 0 Å². The third-order valence-electron chi connectivity index (χ3n) is 4.20. The highest BCUT2D eigenvalue weighted by Gasteiger charge is 2.24. The molecule has 0 spiro atoms. The van der Waals surface area contributed by atoms with Crippen LogP contribution in [0.1, 0.15) is 17.9 Å². The number of ether oxygens (including phenoxy) is 1. The molecule has 3 rings (SSSR count). The monoisotopic (exact) mass is 324 g/mol.